The zero-order valence-corrected chi connectivity index (χ0v) is 12.4. The molecule has 1 aliphatic heterocycles. The zero-order valence-electron chi connectivity index (χ0n) is 12.4. The number of hydrogen-bond acceptors (Lipinski definition) is 3. The van der Waals surface area contributed by atoms with E-state index in [1.807, 2.05) is 11.8 Å². The Bertz CT molecular complexity index is 826. The van der Waals surface area contributed by atoms with Crippen molar-refractivity contribution in [2.45, 2.75) is 19.1 Å². The highest BCUT2D eigenvalue weighted by Gasteiger charge is 2.36. The summed E-state index contributed by atoms with van der Waals surface area (Å²) in [6.07, 6.45) is -2.95. The van der Waals surface area contributed by atoms with Crippen LogP contribution in [0.2, 0.25) is 0 Å². The Labute approximate surface area is 130 Å². The second kappa shape index (κ2) is 5.33. The molecule has 0 bridgehead atoms. The van der Waals surface area contributed by atoms with Gasteiger partial charge in [-0.15, -0.1) is 6.58 Å². The number of anilines is 1. The molecule has 122 valence electrons. The minimum atomic E-state index is -4.64. The first-order valence-electron chi connectivity index (χ1n) is 7.10. The molecule has 0 aliphatic carbocycles. The molecular formula is C16H15F3N2O2. The van der Waals surface area contributed by atoms with Crippen LogP contribution in [0, 0.1) is 0 Å². The standard InChI is InChI=1S/C16H15F3N2O2/c1-3-6-21-9(2)8-23-15-12(21)5-4-11-14(15)10(16(17,18)19)7-13(22)20-11/h3-5,7,9H,1,6,8H2,2H3,(H,20,22)/t9-/m1/s1. The molecule has 0 saturated heterocycles. The number of halogens is 3. The van der Waals surface area contributed by atoms with Crippen LogP contribution in [0.15, 0.2) is 35.6 Å². The predicted octanol–water partition coefficient (Wildman–Crippen LogP) is 3.32. The summed E-state index contributed by atoms with van der Waals surface area (Å²) in [6, 6.07) is 3.71. The van der Waals surface area contributed by atoms with Crippen molar-refractivity contribution in [3.63, 3.8) is 0 Å². The van der Waals surface area contributed by atoms with Crippen LogP contribution in [0.1, 0.15) is 12.5 Å². The number of alkyl halides is 3. The van der Waals surface area contributed by atoms with Gasteiger partial charge in [0.25, 0.3) is 0 Å². The Morgan fingerprint density at radius 2 is 2.22 bits per heavy atom. The molecule has 1 aliphatic rings. The summed E-state index contributed by atoms with van der Waals surface area (Å²) in [5.41, 5.74) is -1.11. The molecule has 0 amide bonds. The van der Waals surface area contributed by atoms with Crippen molar-refractivity contribution in [1.82, 2.24) is 4.98 Å². The number of aromatic nitrogens is 1. The summed E-state index contributed by atoms with van der Waals surface area (Å²) in [7, 11) is 0. The van der Waals surface area contributed by atoms with Gasteiger partial charge in [-0.05, 0) is 19.1 Å². The van der Waals surface area contributed by atoms with Gasteiger partial charge in [0, 0.05) is 12.6 Å². The molecule has 23 heavy (non-hydrogen) atoms. The van der Waals surface area contributed by atoms with Gasteiger partial charge in [0.2, 0.25) is 5.56 Å². The zero-order chi connectivity index (χ0) is 16.8. The summed E-state index contributed by atoms with van der Waals surface area (Å²) in [4.78, 5) is 15.9. The van der Waals surface area contributed by atoms with Crippen molar-refractivity contribution < 1.29 is 17.9 Å². The van der Waals surface area contributed by atoms with Gasteiger partial charge in [-0.1, -0.05) is 6.08 Å². The van der Waals surface area contributed by atoms with Crippen LogP contribution < -0.4 is 15.2 Å². The van der Waals surface area contributed by atoms with E-state index in [0.29, 0.717) is 18.3 Å². The summed E-state index contributed by atoms with van der Waals surface area (Å²) >= 11 is 0. The Balaban J connectivity index is 2.35. The summed E-state index contributed by atoms with van der Waals surface area (Å²) in [5.74, 6) is 0.144. The van der Waals surface area contributed by atoms with Crippen LogP contribution in [0.3, 0.4) is 0 Å². The van der Waals surface area contributed by atoms with Gasteiger partial charge in [0.1, 0.15) is 6.61 Å². The van der Waals surface area contributed by atoms with E-state index >= 15 is 0 Å². The lowest BCUT2D eigenvalue weighted by Gasteiger charge is -2.36. The monoisotopic (exact) mass is 324 g/mol. The van der Waals surface area contributed by atoms with Crippen molar-refractivity contribution in [3.05, 3.63) is 46.8 Å². The second-order valence-corrected chi connectivity index (χ2v) is 5.48. The topological polar surface area (TPSA) is 45.3 Å². The number of benzene rings is 1. The predicted molar refractivity (Wildman–Crippen MR) is 82.1 cm³/mol. The van der Waals surface area contributed by atoms with Gasteiger partial charge in [-0.25, -0.2) is 0 Å². The summed E-state index contributed by atoms with van der Waals surface area (Å²) in [6.45, 7) is 6.36. The van der Waals surface area contributed by atoms with E-state index in [2.05, 4.69) is 11.6 Å². The molecule has 2 aromatic rings. The van der Waals surface area contributed by atoms with Crippen molar-refractivity contribution >= 4 is 16.6 Å². The lowest BCUT2D eigenvalue weighted by atomic mass is 10.0. The molecule has 1 atom stereocenters. The maximum Gasteiger partial charge on any atom is 0.417 e. The Kier molecular flexibility index (Phi) is 3.58. The SMILES string of the molecule is C=CCN1c2ccc3[nH]c(=O)cc(C(F)(F)F)c3c2OC[C@H]1C. The third-order valence-corrected chi connectivity index (χ3v) is 3.88. The van der Waals surface area contributed by atoms with E-state index in [1.165, 1.54) is 6.07 Å². The molecule has 0 spiro atoms. The first-order chi connectivity index (χ1) is 10.8. The van der Waals surface area contributed by atoms with Gasteiger partial charge in [-0.2, -0.15) is 13.2 Å². The lowest BCUT2D eigenvalue weighted by Crippen LogP contribution is -2.41. The van der Waals surface area contributed by atoms with E-state index in [-0.39, 0.29) is 29.3 Å². The molecule has 0 fully saturated rings. The fourth-order valence-corrected chi connectivity index (χ4v) is 2.86. The molecule has 3 rings (SSSR count). The summed E-state index contributed by atoms with van der Waals surface area (Å²) < 4.78 is 45.7. The fourth-order valence-electron chi connectivity index (χ4n) is 2.86. The Morgan fingerprint density at radius 1 is 1.48 bits per heavy atom. The highest BCUT2D eigenvalue weighted by molar-refractivity contribution is 5.94. The molecular weight excluding hydrogens is 309 g/mol. The van der Waals surface area contributed by atoms with Gasteiger partial charge >= 0.3 is 6.18 Å². The molecule has 1 N–H and O–H groups in total. The minimum Gasteiger partial charge on any atom is -0.489 e. The summed E-state index contributed by atoms with van der Waals surface area (Å²) in [5, 5.41) is -0.115. The van der Waals surface area contributed by atoms with Crippen LogP contribution >= 0.6 is 0 Å². The lowest BCUT2D eigenvalue weighted by molar-refractivity contribution is -0.136. The van der Waals surface area contributed by atoms with Crippen LogP contribution in [-0.4, -0.2) is 24.2 Å². The number of hydrogen-bond donors (Lipinski definition) is 1. The van der Waals surface area contributed by atoms with Crippen LogP contribution in [-0.2, 0) is 6.18 Å². The smallest absolute Gasteiger partial charge is 0.417 e. The van der Waals surface area contributed by atoms with Crippen LogP contribution in [0.5, 0.6) is 5.75 Å². The number of nitrogens with one attached hydrogen (secondary N) is 1. The molecule has 7 heteroatoms. The number of ether oxygens (including phenoxy) is 1. The number of H-pyrrole nitrogens is 1. The number of rotatable bonds is 2. The Hall–Kier alpha value is -2.44. The van der Waals surface area contributed by atoms with E-state index < -0.39 is 17.3 Å². The van der Waals surface area contributed by atoms with Crippen molar-refractivity contribution in [2.75, 3.05) is 18.1 Å². The normalized spacial score (nSPS) is 17.7. The number of fused-ring (bicyclic) bond motifs is 3. The highest BCUT2D eigenvalue weighted by atomic mass is 19.4. The van der Waals surface area contributed by atoms with Gasteiger partial charge in [0.15, 0.2) is 5.75 Å². The quantitative estimate of drug-likeness (QED) is 0.862. The molecule has 2 heterocycles. The Morgan fingerprint density at radius 3 is 2.87 bits per heavy atom. The van der Waals surface area contributed by atoms with Crippen molar-refractivity contribution in [1.29, 1.82) is 0 Å². The highest BCUT2D eigenvalue weighted by Crippen LogP contribution is 2.44. The number of nitrogens with zero attached hydrogens (tertiary/aromatic N) is 1. The third-order valence-electron chi connectivity index (χ3n) is 3.88. The maximum absolute atomic E-state index is 13.4. The molecule has 4 nitrogen and oxygen atoms in total. The fraction of sp³-hybridized carbons (Fsp3) is 0.312. The average molecular weight is 324 g/mol. The maximum atomic E-state index is 13.4. The van der Waals surface area contributed by atoms with Gasteiger partial charge in [0.05, 0.1) is 28.2 Å². The first kappa shape index (κ1) is 15.5. The van der Waals surface area contributed by atoms with Crippen molar-refractivity contribution in [2.24, 2.45) is 0 Å². The van der Waals surface area contributed by atoms with Crippen LogP contribution in [0.4, 0.5) is 18.9 Å². The van der Waals surface area contributed by atoms with Gasteiger partial charge < -0.3 is 14.6 Å². The molecule has 1 aromatic heterocycles. The third kappa shape index (κ3) is 2.56. The number of pyridine rings is 1. The second-order valence-electron chi connectivity index (χ2n) is 5.48. The van der Waals surface area contributed by atoms with E-state index in [0.717, 1.165) is 0 Å². The molecule has 1 aromatic carbocycles. The van der Waals surface area contributed by atoms with E-state index in [9.17, 15) is 18.0 Å². The largest absolute Gasteiger partial charge is 0.489 e. The van der Waals surface area contributed by atoms with Crippen LogP contribution in [0.25, 0.3) is 10.9 Å². The van der Waals surface area contributed by atoms with Gasteiger partial charge in [-0.3, -0.25) is 4.79 Å². The number of aromatic amines is 1. The van der Waals surface area contributed by atoms with E-state index in [4.69, 9.17) is 4.74 Å². The minimum absolute atomic E-state index is 0.00930. The molecule has 0 saturated carbocycles. The molecule has 0 radical (unpaired) electrons. The van der Waals surface area contributed by atoms with Crippen molar-refractivity contribution in [3.8, 4) is 5.75 Å². The van der Waals surface area contributed by atoms with E-state index in [1.54, 1.807) is 12.1 Å². The first-order valence-corrected chi connectivity index (χ1v) is 7.10. The average Bonchev–Trinajstić information content (AvgIpc) is 2.47. The molecule has 0 unspecified atom stereocenters.